The Balaban J connectivity index is 1.55. The number of nitrogens with zero attached hydrogens (tertiary/aromatic N) is 2. The Morgan fingerprint density at radius 3 is 2.48 bits per heavy atom. The number of carbonyl (C=O) groups is 3. The molecule has 0 spiro atoms. The van der Waals surface area contributed by atoms with Crippen molar-refractivity contribution in [3.63, 3.8) is 0 Å². The summed E-state index contributed by atoms with van der Waals surface area (Å²) < 4.78 is 0. The van der Waals surface area contributed by atoms with Crippen LogP contribution in [-0.2, 0) is 13.0 Å². The molecule has 0 bridgehead atoms. The van der Waals surface area contributed by atoms with Gasteiger partial charge in [-0.15, -0.1) is 11.3 Å². The molecule has 3 amide bonds. The molecule has 146 valence electrons. The molecule has 0 atom stereocenters. The minimum atomic E-state index is -0.387. The van der Waals surface area contributed by atoms with Gasteiger partial charge in [-0.25, -0.2) is 4.98 Å². The van der Waals surface area contributed by atoms with E-state index in [2.05, 4.69) is 10.3 Å². The van der Waals surface area contributed by atoms with E-state index in [1.165, 1.54) is 22.3 Å². The molecule has 1 N–H and O–H groups in total. The zero-order valence-electron chi connectivity index (χ0n) is 16.1. The number of amides is 3. The summed E-state index contributed by atoms with van der Waals surface area (Å²) in [7, 11) is 0. The highest BCUT2D eigenvalue weighted by molar-refractivity contribution is 7.15. The first-order valence-corrected chi connectivity index (χ1v) is 10.1. The maximum absolute atomic E-state index is 12.8. The van der Waals surface area contributed by atoms with Crippen LogP contribution < -0.4 is 5.32 Å². The third-order valence-corrected chi connectivity index (χ3v) is 5.79. The van der Waals surface area contributed by atoms with Gasteiger partial charge in [0.15, 0.2) is 5.13 Å². The highest BCUT2D eigenvalue weighted by Gasteiger charge is 2.36. The highest BCUT2D eigenvalue weighted by Crippen LogP contribution is 2.27. The van der Waals surface area contributed by atoms with Gasteiger partial charge in [0.2, 0.25) is 0 Å². The van der Waals surface area contributed by atoms with E-state index in [0.29, 0.717) is 16.3 Å². The van der Waals surface area contributed by atoms with Gasteiger partial charge in [0.1, 0.15) is 0 Å². The van der Waals surface area contributed by atoms with Crippen molar-refractivity contribution < 1.29 is 14.4 Å². The summed E-state index contributed by atoms with van der Waals surface area (Å²) in [5, 5.41) is 3.31. The summed E-state index contributed by atoms with van der Waals surface area (Å²) in [6.07, 6.45) is 0.797. The summed E-state index contributed by atoms with van der Waals surface area (Å²) in [5.41, 5.74) is 2.71. The molecule has 0 aliphatic carbocycles. The number of aromatic nitrogens is 1. The van der Waals surface area contributed by atoms with Crippen molar-refractivity contribution in [3.8, 4) is 0 Å². The number of hydrogen-bond donors (Lipinski definition) is 1. The lowest BCUT2D eigenvalue weighted by Gasteiger charge is -2.13. The lowest BCUT2D eigenvalue weighted by atomic mass is 10.1. The lowest BCUT2D eigenvalue weighted by Crippen LogP contribution is -2.29. The number of anilines is 1. The van der Waals surface area contributed by atoms with Crippen LogP contribution >= 0.6 is 11.3 Å². The van der Waals surface area contributed by atoms with Crippen LogP contribution in [0.1, 0.15) is 54.1 Å². The first-order valence-electron chi connectivity index (χ1n) is 9.29. The molecule has 1 aliphatic rings. The Labute approximate surface area is 172 Å². The third-order valence-electron chi connectivity index (χ3n) is 4.86. The largest absolute Gasteiger partial charge is 0.298 e. The van der Waals surface area contributed by atoms with Crippen molar-refractivity contribution in [2.45, 2.75) is 26.8 Å². The lowest BCUT2D eigenvalue weighted by molar-refractivity contribution is 0.0642. The van der Waals surface area contributed by atoms with Crippen LogP contribution in [0.5, 0.6) is 0 Å². The first kappa shape index (κ1) is 19.0. The maximum atomic E-state index is 12.8. The van der Waals surface area contributed by atoms with Gasteiger partial charge in [-0.1, -0.05) is 37.3 Å². The van der Waals surface area contributed by atoms with Crippen LogP contribution in [0.25, 0.3) is 0 Å². The minimum absolute atomic E-state index is 0.201. The molecule has 0 saturated heterocycles. The molecular formula is C22H19N3O3S. The van der Waals surface area contributed by atoms with E-state index in [1.807, 2.05) is 44.2 Å². The average Bonchev–Trinajstić information content (AvgIpc) is 3.20. The molecule has 0 radical (unpaired) electrons. The van der Waals surface area contributed by atoms with E-state index in [0.717, 1.165) is 22.6 Å². The second kappa shape index (κ2) is 7.60. The molecule has 1 aliphatic heterocycles. The Morgan fingerprint density at radius 2 is 1.79 bits per heavy atom. The van der Waals surface area contributed by atoms with E-state index in [-0.39, 0.29) is 29.8 Å². The maximum Gasteiger partial charge on any atom is 0.261 e. The van der Waals surface area contributed by atoms with E-state index >= 15 is 0 Å². The van der Waals surface area contributed by atoms with Crippen LogP contribution in [0.15, 0.2) is 48.5 Å². The molecule has 2 aromatic carbocycles. The Bertz CT molecular complexity index is 1120. The van der Waals surface area contributed by atoms with Crippen LogP contribution in [0.4, 0.5) is 5.13 Å². The number of carbonyl (C=O) groups excluding carboxylic acids is 3. The summed E-state index contributed by atoms with van der Waals surface area (Å²) in [6, 6.07) is 13.9. The van der Waals surface area contributed by atoms with Crippen molar-refractivity contribution >= 4 is 34.2 Å². The fraction of sp³-hybridized carbons (Fsp3) is 0.182. The Morgan fingerprint density at radius 1 is 1.07 bits per heavy atom. The summed E-state index contributed by atoms with van der Waals surface area (Å²) >= 11 is 1.42. The molecule has 0 saturated carbocycles. The van der Waals surface area contributed by atoms with Gasteiger partial charge in [-0.05, 0) is 37.1 Å². The minimum Gasteiger partial charge on any atom is -0.298 e. The normalized spacial score (nSPS) is 13.0. The van der Waals surface area contributed by atoms with Crippen LogP contribution in [0.2, 0.25) is 0 Å². The molecule has 0 unspecified atom stereocenters. The van der Waals surface area contributed by atoms with Gasteiger partial charge in [-0.2, -0.15) is 0 Å². The van der Waals surface area contributed by atoms with Gasteiger partial charge in [-0.3, -0.25) is 24.6 Å². The van der Waals surface area contributed by atoms with Crippen molar-refractivity contribution in [2.24, 2.45) is 0 Å². The molecule has 0 fully saturated rings. The monoisotopic (exact) mass is 405 g/mol. The van der Waals surface area contributed by atoms with Crippen molar-refractivity contribution in [1.29, 1.82) is 0 Å². The van der Waals surface area contributed by atoms with Crippen LogP contribution in [0.3, 0.4) is 0 Å². The standard InChI is InChI=1S/C22H19N3O3S/c1-3-18-13(2)29-22(23-18)24-19(26)15-9-10-16-17(11-15)21(28)25(20(16)27)12-14-7-5-4-6-8-14/h4-11H,3,12H2,1-2H3,(H,23,24,26). The second-order valence-electron chi connectivity index (χ2n) is 6.77. The molecule has 29 heavy (non-hydrogen) atoms. The molecule has 7 heteroatoms. The van der Waals surface area contributed by atoms with Crippen molar-refractivity contribution in [1.82, 2.24) is 9.88 Å². The smallest absolute Gasteiger partial charge is 0.261 e. The fourth-order valence-corrected chi connectivity index (χ4v) is 4.22. The highest BCUT2D eigenvalue weighted by atomic mass is 32.1. The number of hydrogen-bond acceptors (Lipinski definition) is 5. The SMILES string of the molecule is CCc1nc(NC(=O)c2ccc3c(c2)C(=O)N(Cc2ccccc2)C3=O)sc1C. The molecule has 6 nitrogen and oxygen atoms in total. The van der Waals surface area contributed by atoms with Gasteiger partial charge < -0.3 is 0 Å². The van der Waals surface area contributed by atoms with Gasteiger partial charge >= 0.3 is 0 Å². The van der Waals surface area contributed by atoms with Crippen molar-refractivity contribution in [2.75, 3.05) is 5.32 Å². The van der Waals surface area contributed by atoms with E-state index in [1.54, 1.807) is 12.1 Å². The second-order valence-corrected chi connectivity index (χ2v) is 7.98. The zero-order chi connectivity index (χ0) is 20.5. The Hall–Kier alpha value is -3.32. The first-order chi connectivity index (χ1) is 14.0. The number of benzene rings is 2. The molecule has 2 heterocycles. The van der Waals surface area contributed by atoms with Gasteiger partial charge in [0, 0.05) is 10.4 Å². The number of rotatable bonds is 5. The predicted molar refractivity (Wildman–Crippen MR) is 111 cm³/mol. The molecule has 1 aromatic heterocycles. The Kier molecular flexibility index (Phi) is 4.98. The zero-order valence-corrected chi connectivity index (χ0v) is 16.9. The summed E-state index contributed by atoms with van der Waals surface area (Å²) in [6.45, 7) is 4.18. The predicted octanol–water partition coefficient (Wildman–Crippen LogP) is 4.06. The van der Waals surface area contributed by atoms with Crippen molar-refractivity contribution in [3.05, 3.63) is 81.4 Å². The quantitative estimate of drug-likeness (QED) is 0.649. The number of thiazole rings is 1. The summed E-state index contributed by atoms with van der Waals surface area (Å²) in [4.78, 5) is 44.8. The van der Waals surface area contributed by atoms with E-state index < -0.39 is 0 Å². The molecular weight excluding hydrogens is 386 g/mol. The molecule has 4 rings (SSSR count). The number of fused-ring (bicyclic) bond motifs is 1. The van der Waals surface area contributed by atoms with Gasteiger partial charge in [0.25, 0.3) is 17.7 Å². The van der Waals surface area contributed by atoms with Crippen LogP contribution in [-0.4, -0.2) is 27.6 Å². The number of imide groups is 1. The third kappa shape index (κ3) is 3.56. The number of aryl methyl sites for hydroxylation is 2. The molecule has 3 aromatic rings. The topological polar surface area (TPSA) is 79.4 Å². The fourth-order valence-electron chi connectivity index (χ4n) is 3.32. The van der Waals surface area contributed by atoms with Crippen LogP contribution in [0, 0.1) is 6.92 Å². The van der Waals surface area contributed by atoms with Gasteiger partial charge in [0.05, 0.1) is 23.4 Å². The average molecular weight is 405 g/mol. The van der Waals surface area contributed by atoms with E-state index in [9.17, 15) is 14.4 Å². The summed E-state index contributed by atoms with van der Waals surface area (Å²) in [5.74, 6) is -1.09. The number of nitrogens with one attached hydrogen (secondary N) is 1. The van der Waals surface area contributed by atoms with E-state index in [4.69, 9.17) is 0 Å².